The van der Waals surface area contributed by atoms with Gasteiger partial charge in [-0.25, -0.2) is 0 Å². The zero-order valence-electron chi connectivity index (χ0n) is 8.55. The van der Waals surface area contributed by atoms with E-state index in [0.29, 0.717) is 0 Å². The summed E-state index contributed by atoms with van der Waals surface area (Å²) in [6.45, 7) is 0. The molecule has 1 rings (SSSR count). The number of ether oxygens (including phenoxy) is 2. The van der Waals surface area contributed by atoms with Gasteiger partial charge in [-0.3, -0.25) is 10.1 Å². The topological polar surface area (TPSA) is 102 Å². The number of nitrogens with zero attached hydrogens (tertiary/aromatic N) is 1. The molecule has 0 saturated carbocycles. The molecule has 0 fully saturated rings. The molecule has 0 aliphatic rings. The number of hydrogen-bond donors (Lipinski definition) is 0. The van der Waals surface area contributed by atoms with E-state index in [4.69, 9.17) is 9.47 Å². The van der Waals surface area contributed by atoms with Crippen LogP contribution in [0.3, 0.4) is 0 Å². The molecule has 0 spiro atoms. The monoisotopic (exact) mass is 226 g/mol. The van der Waals surface area contributed by atoms with Gasteiger partial charge in [-0.2, -0.15) is 0 Å². The van der Waals surface area contributed by atoms with Gasteiger partial charge in [0.25, 0.3) is 0 Å². The summed E-state index contributed by atoms with van der Waals surface area (Å²) in [4.78, 5) is 20.6. The quantitative estimate of drug-likeness (QED) is 0.528. The molecule has 86 valence electrons. The SMILES string of the molecule is COc1cc(OC)c([N+](=O)[O-])c(C(=O)[O-])c1. The fourth-order valence-electron chi connectivity index (χ4n) is 1.20. The van der Waals surface area contributed by atoms with Crippen LogP contribution in [0.15, 0.2) is 12.1 Å². The third-order valence-electron chi connectivity index (χ3n) is 1.91. The van der Waals surface area contributed by atoms with Crippen molar-refractivity contribution >= 4 is 11.7 Å². The molecule has 0 amide bonds. The molecule has 0 saturated heterocycles. The van der Waals surface area contributed by atoms with Gasteiger partial charge in [-0.15, -0.1) is 0 Å². The minimum Gasteiger partial charge on any atom is -0.545 e. The highest BCUT2D eigenvalue weighted by Gasteiger charge is 2.23. The van der Waals surface area contributed by atoms with Gasteiger partial charge in [0.05, 0.1) is 30.7 Å². The van der Waals surface area contributed by atoms with Crippen molar-refractivity contribution in [3.63, 3.8) is 0 Å². The van der Waals surface area contributed by atoms with Crippen LogP contribution in [0.25, 0.3) is 0 Å². The van der Waals surface area contributed by atoms with E-state index >= 15 is 0 Å². The largest absolute Gasteiger partial charge is 0.545 e. The Bertz CT molecular complexity index is 442. The Morgan fingerprint density at radius 3 is 2.31 bits per heavy atom. The van der Waals surface area contributed by atoms with Crippen molar-refractivity contribution < 1.29 is 24.3 Å². The van der Waals surface area contributed by atoms with Gasteiger partial charge in [0.2, 0.25) is 5.75 Å². The zero-order valence-corrected chi connectivity index (χ0v) is 8.55. The Morgan fingerprint density at radius 2 is 1.94 bits per heavy atom. The molecule has 0 atom stereocenters. The predicted octanol–water partition coefficient (Wildman–Crippen LogP) is -0.0245. The molecule has 16 heavy (non-hydrogen) atoms. The fourth-order valence-corrected chi connectivity index (χ4v) is 1.20. The summed E-state index contributed by atoms with van der Waals surface area (Å²) in [6.07, 6.45) is 0. The van der Waals surface area contributed by atoms with Gasteiger partial charge in [0.1, 0.15) is 5.75 Å². The first kappa shape index (κ1) is 11.8. The molecule has 1 aromatic rings. The lowest BCUT2D eigenvalue weighted by Gasteiger charge is -2.10. The normalized spacial score (nSPS) is 9.62. The van der Waals surface area contributed by atoms with Crippen molar-refractivity contribution in [2.24, 2.45) is 0 Å². The van der Waals surface area contributed by atoms with Gasteiger partial charge in [0.15, 0.2) is 0 Å². The number of carbonyl (C=O) groups is 1. The van der Waals surface area contributed by atoms with Crippen molar-refractivity contribution in [3.05, 3.63) is 27.8 Å². The summed E-state index contributed by atoms with van der Waals surface area (Å²) in [5.41, 5.74) is -1.23. The van der Waals surface area contributed by atoms with E-state index in [1.165, 1.54) is 20.3 Å². The van der Waals surface area contributed by atoms with Gasteiger partial charge in [-0.1, -0.05) is 0 Å². The number of rotatable bonds is 4. The van der Waals surface area contributed by atoms with Crippen molar-refractivity contribution in [1.29, 1.82) is 0 Å². The van der Waals surface area contributed by atoms with Crippen LogP contribution in [0.5, 0.6) is 11.5 Å². The second kappa shape index (κ2) is 4.47. The summed E-state index contributed by atoms with van der Waals surface area (Å²) in [5, 5.41) is 21.4. The molecule has 0 radical (unpaired) electrons. The first-order valence-electron chi connectivity index (χ1n) is 4.13. The number of carboxylic acids is 1. The minimum atomic E-state index is -1.66. The van der Waals surface area contributed by atoms with Crippen LogP contribution in [-0.2, 0) is 0 Å². The second-order valence-corrected chi connectivity index (χ2v) is 2.77. The van der Waals surface area contributed by atoms with Crippen molar-refractivity contribution in [1.82, 2.24) is 0 Å². The van der Waals surface area contributed by atoms with E-state index in [9.17, 15) is 20.0 Å². The molecular formula is C9H8NO6-. The first-order valence-corrected chi connectivity index (χ1v) is 4.13. The van der Waals surface area contributed by atoms with E-state index in [0.717, 1.165) is 6.07 Å². The first-order chi connectivity index (χ1) is 7.51. The van der Waals surface area contributed by atoms with Gasteiger partial charge in [0, 0.05) is 6.07 Å². The molecule has 1 aromatic carbocycles. The highest BCUT2D eigenvalue weighted by atomic mass is 16.6. The standard InChI is InChI=1S/C9H9NO6/c1-15-5-3-6(9(11)12)8(10(13)14)7(4-5)16-2/h3-4H,1-2H3,(H,11,12)/p-1. The van der Waals surface area contributed by atoms with E-state index < -0.39 is 22.1 Å². The fraction of sp³-hybridized carbons (Fsp3) is 0.222. The summed E-state index contributed by atoms with van der Waals surface area (Å²) < 4.78 is 9.52. The lowest BCUT2D eigenvalue weighted by molar-refractivity contribution is -0.386. The molecule has 0 unspecified atom stereocenters. The highest BCUT2D eigenvalue weighted by molar-refractivity contribution is 5.93. The van der Waals surface area contributed by atoms with Crippen molar-refractivity contribution in [3.8, 4) is 11.5 Å². The molecule has 0 heterocycles. The number of nitro groups is 1. The smallest absolute Gasteiger partial charge is 0.320 e. The second-order valence-electron chi connectivity index (χ2n) is 2.77. The molecule has 0 aliphatic heterocycles. The third kappa shape index (κ3) is 2.02. The molecule has 0 aromatic heterocycles. The van der Waals surface area contributed by atoms with Crippen LogP contribution in [0, 0.1) is 10.1 Å². The van der Waals surface area contributed by atoms with Crippen LogP contribution in [0.4, 0.5) is 5.69 Å². The molecule has 0 N–H and O–H groups in total. The van der Waals surface area contributed by atoms with Crippen molar-refractivity contribution in [2.45, 2.75) is 0 Å². The van der Waals surface area contributed by atoms with Crippen LogP contribution in [-0.4, -0.2) is 25.1 Å². The highest BCUT2D eigenvalue weighted by Crippen LogP contribution is 2.34. The van der Waals surface area contributed by atoms with Gasteiger partial charge >= 0.3 is 5.69 Å². The number of methoxy groups -OCH3 is 2. The Hall–Kier alpha value is -2.31. The molecule has 0 bridgehead atoms. The van der Waals surface area contributed by atoms with E-state index in [2.05, 4.69) is 0 Å². The summed E-state index contributed by atoms with van der Waals surface area (Å²) >= 11 is 0. The number of aromatic carboxylic acids is 1. The van der Waals surface area contributed by atoms with Gasteiger partial charge < -0.3 is 19.4 Å². The summed E-state index contributed by atoms with van der Waals surface area (Å²) in [5.74, 6) is -1.71. The maximum absolute atomic E-state index is 10.7. The Kier molecular flexibility index (Phi) is 3.29. The Balaban J connectivity index is 3.53. The van der Waals surface area contributed by atoms with Crippen LogP contribution < -0.4 is 14.6 Å². The number of hydrogen-bond acceptors (Lipinski definition) is 6. The third-order valence-corrected chi connectivity index (χ3v) is 1.91. The number of carboxylic acid groups (broad SMARTS) is 1. The summed E-state index contributed by atoms with van der Waals surface area (Å²) in [7, 11) is 2.50. The van der Waals surface area contributed by atoms with Crippen LogP contribution in [0.1, 0.15) is 10.4 Å². The molecular weight excluding hydrogens is 218 g/mol. The molecule has 7 nitrogen and oxygen atoms in total. The van der Waals surface area contributed by atoms with E-state index in [-0.39, 0.29) is 11.5 Å². The lowest BCUT2D eigenvalue weighted by Crippen LogP contribution is -2.23. The van der Waals surface area contributed by atoms with E-state index in [1.54, 1.807) is 0 Å². The zero-order chi connectivity index (χ0) is 12.3. The summed E-state index contributed by atoms with van der Waals surface area (Å²) in [6, 6.07) is 2.24. The molecule has 0 aliphatic carbocycles. The maximum atomic E-state index is 10.7. The Morgan fingerprint density at radius 1 is 1.31 bits per heavy atom. The minimum absolute atomic E-state index is 0.140. The van der Waals surface area contributed by atoms with Crippen LogP contribution >= 0.6 is 0 Å². The Labute approximate surface area is 90.4 Å². The van der Waals surface area contributed by atoms with Crippen LogP contribution in [0.2, 0.25) is 0 Å². The average Bonchev–Trinajstić information content (AvgIpc) is 2.26. The van der Waals surface area contributed by atoms with Crippen molar-refractivity contribution in [2.75, 3.05) is 14.2 Å². The van der Waals surface area contributed by atoms with E-state index in [1.807, 2.05) is 0 Å². The lowest BCUT2D eigenvalue weighted by atomic mass is 10.1. The number of benzene rings is 1. The average molecular weight is 226 g/mol. The molecule has 7 heteroatoms. The van der Waals surface area contributed by atoms with Gasteiger partial charge in [-0.05, 0) is 6.07 Å². The predicted molar refractivity (Wildman–Crippen MR) is 50.5 cm³/mol. The maximum Gasteiger partial charge on any atom is 0.320 e. The number of carbonyl (C=O) groups excluding carboxylic acids is 1. The number of nitro benzene ring substituents is 1.